The van der Waals surface area contributed by atoms with Crippen LogP contribution in [0.4, 0.5) is 5.82 Å². The van der Waals surface area contributed by atoms with Crippen molar-refractivity contribution in [3.63, 3.8) is 0 Å². The molecule has 0 aliphatic carbocycles. The molecule has 3 unspecified atom stereocenters. The van der Waals surface area contributed by atoms with Crippen molar-refractivity contribution in [1.29, 1.82) is 0 Å². The average Bonchev–Trinajstić information content (AvgIpc) is 3.14. The van der Waals surface area contributed by atoms with Crippen molar-refractivity contribution in [3.05, 3.63) is 54.1 Å². The molecule has 1 aliphatic heterocycles. The minimum absolute atomic E-state index is 0.114. The van der Waals surface area contributed by atoms with Crippen LogP contribution in [0.25, 0.3) is 10.9 Å². The maximum atomic E-state index is 9.90. The van der Waals surface area contributed by atoms with Crippen molar-refractivity contribution in [2.45, 2.75) is 24.9 Å². The number of aliphatic hydroxyl groups excluding tert-OH is 2. The molecule has 0 spiro atoms. The highest BCUT2D eigenvalue weighted by Crippen LogP contribution is 2.28. The van der Waals surface area contributed by atoms with E-state index in [-0.39, 0.29) is 13.2 Å². The number of hydrogen-bond donors (Lipinski definition) is 2. The van der Waals surface area contributed by atoms with Crippen LogP contribution < -0.4 is 19.1 Å². The summed E-state index contributed by atoms with van der Waals surface area (Å²) in [5, 5.41) is 20.5. The van der Waals surface area contributed by atoms with Crippen molar-refractivity contribution >= 4 is 16.7 Å². The SMILES string of the molecule is COc1ccc(CN(C)c2ccc3ccc(OCC4OCC(O)C4O)cc3n2)c(OC)c1. The van der Waals surface area contributed by atoms with Crippen molar-refractivity contribution < 1.29 is 29.2 Å². The highest BCUT2D eigenvalue weighted by atomic mass is 16.6. The number of benzene rings is 2. The molecule has 32 heavy (non-hydrogen) atoms. The molecule has 1 aromatic heterocycles. The van der Waals surface area contributed by atoms with Crippen LogP contribution in [0.2, 0.25) is 0 Å². The van der Waals surface area contributed by atoms with Gasteiger partial charge in [0, 0.05) is 36.7 Å². The summed E-state index contributed by atoms with van der Waals surface area (Å²) >= 11 is 0. The Balaban J connectivity index is 1.48. The molecule has 8 heteroatoms. The summed E-state index contributed by atoms with van der Waals surface area (Å²) in [4.78, 5) is 6.83. The third kappa shape index (κ3) is 4.72. The summed E-state index contributed by atoms with van der Waals surface area (Å²) in [6.07, 6.45) is -2.36. The second kappa shape index (κ2) is 9.60. The van der Waals surface area contributed by atoms with Gasteiger partial charge in [0.2, 0.25) is 0 Å². The second-order valence-corrected chi connectivity index (χ2v) is 7.80. The summed E-state index contributed by atoms with van der Waals surface area (Å²) in [7, 11) is 5.25. The van der Waals surface area contributed by atoms with Gasteiger partial charge in [-0.05, 0) is 36.4 Å². The molecule has 0 saturated carbocycles. The van der Waals surface area contributed by atoms with Crippen molar-refractivity contribution in [2.24, 2.45) is 0 Å². The lowest BCUT2D eigenvalue weighted by atomic mass is 10.1. The first-order valence-electron chi connectivity index (χ1n) is 10.4. The van der Waals surface area contributed by atoms with Gasteiger partial charge in [0.05, 0.1) is 26.3 Å². The molecule has 1 fully saturated rings. The Morgan fingerprint density at radius 2 is 1.81 bits per heavy atom. The number of hydrogen-bond acceptors (Lipinski definition) is 8. The summed E-state index contributed by atoms with van der Waals surface area (Å²) in [6.45, 7) is 0.880. The monoisotopic (exact) mass is 440 g/mol. The number of aromatic nitrogens is 1. The zero-order valence-electron chi connectivity index (χ0n) is 18.4. The smallest absolute Gasteiger partial charge is 0.129 e. The first-order chi connectivity index (χ1) is 15.5. The van der Waals surface area contributed by atoms with E-state index >= 15 is 0 Å². The van der Waals surface area contributed by atoms with Crippen LogP contribution >= 0.6 is 0 Å². The van der Waals surface area contributed by atoms with Gasteiger partial charge in [-0.15, -0.1) is 0 Å². The lowest BCUT2D eigenvalue weighted by Crippen LogP contribution is -2.33. The van der Waals surface area contributed by atoms with Crippen LogP contribution in [0, 0.1) is 0 Å². The first-order valence-corrected chi connectivity index (χ1v) is 10.4. The zero-order chi connectivity index (χ0) is 22.7. The predicted octanol–water partition coefficient (Wildman–Crippen LogP) is 2.39. The quantitative estimate of drug-likeness (QED) is 0.552. The predicted molar refractivity (Wildman–Crippen MR) is 121 cm³/mol. The maximum Gasteiger partial charge on any atom is 0.129 e. The Kier molecular flexibility index (Phi) is 6.64. The fourth-order valence-corrected chi connectivity index (χ4v) is 3.70. The summed E-state index contributed by atoms with van der Waals surface area (Å²) in [5.41, 5.74) is 1.81. The van der Waals surface area contributed by atoms with Crippen LogP contribution in [-0.4, -0.2) is 68.0 Å². The molecular formula is C24H28N2O6. The van der Waals surface area contributed by atoms with E-state index in [9.17, 15) is 10.2 Å². The van der Waals surface area contributed by atoms with Crippen molar-refractivity contribution in [2.75, 3.05) is 39.4 Å². The molecule has 2 heterocycles. The molecule has 0 radical (unpaired) electrons. The molecular weight excluding hydrogens is 412 g/mol. The van der Waals surface area contributed by atoms with E-state index in [2.05, 4.69) is 0 Å². The molecule has 1 saturated heterocycles. The summed E-state index contributed by atoms with van der Waals surface area (Å²) in [5.74, 6) is 2.94. The van der Waals surface area contributed by atoms with Gasteiger partial charge < -0.3 is 34.1 Å². The summed E-state index contributed by atoms with van der Waals surface area (Å²) in [6, 6.07) is 15.4. The van der Waals surface area contributed by atoms with E-state index in [1.807, 2.05) is 60.5 Å². The fraction of sp³-hybridized carbons (Fsp3) is 0.375. The minimum Gasteiger partial charge on any atom is -0.497 e. The van der Waals surface area contributed by atoms with Gasteiger partial charge in [0.1, 0.15) is 48.0 Å². The van der Waals surface area contributed by atoms with Gasteiger partial charge in [0.15, 0.2) is 0 Å². The molecule has 2 N–H and O–H groups in total. The normalized spacial score (nSPS) is 20.3. The van der Waals surface area contributed by atoms with E-state index in [0.29, 0.717) is 12.3 Å². The highest BCUT2D eigenvalue weighted by molar-refractivity contribution is 5.81. The van der Waals surface area contributed by atoms with E-state index in [0.717, 1.165) is 33.8 Å². The minimum atomic E-state index is -0.941. The number of rotatable bonds is 8. The molecule has 8 nitrogen and oxygen atoms in total. The van der Waals surface area contributed by atoms with E-state index in [1.165, 1.54) is 0 Å². The molecule has 1 aliphatic rings. The van der Waals surface area contributed by atoms with Crippen LogP contribution in [0.3, 0.4) is 0 Å². The first kappa shape index (κ1) is 22.1. The van der Waals surface area contributed by atoms with E-state index < -0.39 is 18.3 Å². The Morgan fingerprint density at radius 3 is 2.53 bits per heavy atom. The number of aliphatic hydroxyl groups is 2. The Morgan fingerprint density at radius 1 is 1.03 bits per heavy atom. The van der Waals surface area contributed by atoms with Crippen molar-refractivity contribution in [1.82, 2.24) is 4.98 Å². The van der Waals surface area contributed by atoms with Gasteiger partial charge in [-0.1, -0.05) is 0 Å². The largest absolute Gasteiger partial charge is 0.497 e. The van der Waals surface area contributed by atoms with E-state index in [1.54, 1.807) is 14.2 Å². The lowest BCUT2D eigenvalue weighted by molar-refractivity contribution is -0.0000675. The number of methoxy groups -OCH3 is 2. The van der Waals surface area contributed by atoms with Crippen molar-refractivity contribution in [3.8, 4) is 17.2 Å². The van der Waals surface area contributed by atoms with Crippen LogP contribution in [0.5, 0.6) is 17.2 Å². The van der Waals surface area contributed by atoms with Crippen LogP contribution in [-0.2, 0) is 11.3 Å². The standard InChI is InChI=1S/C24H28N2O6/c1-26(12-16-5-7-17(29-2)11-21(16)30-3)23-9-6-15-4-8-18(10-19(15)25-23)31-14-22-24(28)20(27)13-32-22/h4-11,20,22,24,27-28H,12-14H2,1-3H3. The molecule has 2 aromatic carbocycles. The number of ether oxygens (including phenoxy) is 4. The number of fused-ring (bicyclic) bond motifs is 1. The van der Waals surface area contributed by atoms with Gasteiger partial charge in [-0.2, -0.15) is 0 Å². The Hall–Kier alpha value is -3.07. The van der Waals surface area contributed by atoms with Gasteiger partial charge in [-0.3, -0.25) is 0 Å². The Labute approximate surface area is 186 Å². The average molecular weight is 440 g/mol. The van der Waals surface area contributed by atoms with Crippen LogP contribution in [0.1, 0.15) is 5.56 Å². The molecule has 4 rings (SSSR count). The lowest BCUT2D eigenvalue weighted by Gasteiger charge is -2.20. The molecule has 3 aromatic rings. The molecule has 3 atom stereocenters. The van der Waals surface area contributed by atoms with Gasteiger partial charge in [-0.25, -0.2) is 4.98 Å². The summed E-state index contributed by atoms with van der Waals surface area (Å²) < 4.78 is 21.9. The maximum absolute atomic E-state index is 9.90. The molecule has 0 amide bonds. The Bertz CT molecular complexity index is 1080. The van der Waals surface area contributed by atoms with E-state index in [4.69, 9.17) is 23.9 Å². The van der Waals surface area contributed by atoms with Gasteiger partial charge >= 0.3 is 0 Å². The second-order valence-electron chi connectivity index (χ2n) is 7.80. The zero-order valence-corrected chi connectivity index (χ0v) is 18.4. The molecule has 170 valence electrons. The molecule has 0 bridgehead atoms. The number of nitrogens with zero attached hydrogens (tertiary/aromatic N) is 2. The number of anilines is 1. The third-order valence-electron chi connectivity index (χ3n) is 5.61. The third-order valence-corrected chi connectivity index (χ3v) is 5.61. The van der Waals surface area contributed by atoms with Gasteiger partial charge in [0.25, 0.3) is 0 Å². The highest BCUT2D eigenvalue weighted by Gasteiger charge is 2.34. The van der Waals surface area contributed by atoms with Crippen LogP contribution in [0.15, 0.2) is 48.5 Å². The number of pyridine rings is 1. The topological polar surface area (TPSA) is 93.5 Å². The fourth-order valence-electron chi connectivity index (χ4n) is 3.70.